The highest BCUT2D eigenvalue weighted by Gasteiger charge is 2.04. The van der Waals surface area contributed by atoms with Gasteiger partial charge in [0.1, 0.15) is 5.82 Å². The molecule has 0 unspecified atom stereocenters. The van der Waals surface area contributed by atoms with E-state index >= 15 is 0 Å². The predicted octanol–water partition coefficient (Wildman–Crippen LogP) is 2.15. The molecule has 0 fully saturated rings. The number of nitrogens with one attached hydrogen (secondary N) is 2. The number of hydrogen-bond donors (Lipinski definition) is 2. The van der Waals surface area contributed by atoms with Crippen molar-refractivity contribution in [3.63, 3.8) is 0 Å². The van der Waals surface area contributed by atoms with Crippen LogP contribution in [0, 0.1) is 0 Å². The Labute approximate surface area is 119 Å². The second-order valence-corrected chi connectivity index (χ2v) is 4.51. The normalized spacial score (nSPS) is 10.5. The molecule has 20 heavy (non-hydrogen) atoms. The quantitative estimate of drug-likeness (QED) is 0.725. The average molecular weight is 275 g/mol. The zero-order valence-electron chi connectivity index (χ0n) is 12.0. The maximum atomic E-state index is 5.29. The minimum atomic E-state index is 0.758. The second kappa shape index (κ2) is 7.55. The van der Waals surface area contributed by atoms with Crippen LogP contribution in [-0.2, 0) is 13.0 Å². The van der Waals surface area contributed by atoms with Gasteiger partial charge in [-0.3, -0.25) is 0 Å². The van der Waals surface area contributed by atoms with Gasteiger partial charge >= 0.3 is 0 Å². The molecule has 0 aliphatic rings. The summed E-state index contributed by atoms with van der Waals surface area (Å²) in [7, 11) is 3.29. The summed E-state index contributed by atoms with van der Waals surface area (Å²) in [5.74, 6) is 2.56. The van der Waals surface area contributed by atoms with Crippen molar-refractivity contribution in [3.8, 4) is 11.5 Å². The fourth-order valence-electron chi connectivity index (χ4n) is 2.04. The predicted molar refractivity (Wildman–Crippen MR) is 78.2 cm³/mol. The summed E-state index contributed by atoms with van der Waals surface area (Å²) in [6.07, 6.45) is 5.66. The standard InChI is InChI=1S/C15H21N3O2/c1-19-13-6-5-12(10-14(13)20-2)11-16-7-3-4-15-17-8-9-18-15/h5-6,8-10,16H,3-4,7,11H2,1-2H3,(H,17,18). The van der Waals surface area contributed by atoms with E-state index < -0.39 is 0 Å². The van der Waals surface area contributed by atoms with E-state index in [1.807, 2.05) is 24.4 Å². The van der Waals surface area contributed by atoms with E-state index in [0.29, 0.717) is 0 Å². The Bertz CT molecular complexity index is 512. The number of imidazole rings is 1. The Morgan fingerprint density at radius 2 is 2.05 bits per heavy atom. The number of hydrogen-bond acceptors (Lipinski definition) is 4. The van der Waals surface area contributed by atoms with Crippen LogP contribution in [-0.4, -0.2) is 30.7 Å². The Kier molecular flexibility index (Phi) is 5.43. The number of rotatable bonds is 8. The SMILES string of the molecule is COc1ccc(CNCCCc2ncc[nH]2)cc1OC. The second-order valence-electron chi connectivity index (χ2n) is 4.51. The molecular weight excluding hydrogens is 254 g/mol. The van der Waals surface area contributed by atoms with Crippen molar-refractivity contribution in [2.75, 3.05) is 20.8 Å². The van der Waals surface area contributed by atoms with Crippen LogP contribution in [0.25, 0.3) is 0 Å². The molecule has 0 saturated heterocycles. The van der Waals surface area contributed by atoms with Crippen LogP contribution < -0.4 is 14.8 Å². The fourth-order valence-corrected chi connectivity index (χ4v) is 2.04. The molecule has 5 nitrogen and oxygen atoms in total. The molecule has 0 aliphatic heterocycles. The topological polar surface area (TPSA) is 59.2 Å². The summed E-state index contributed by atoms with van der Waals surface area (Å²) in [6, 6.07) is 5.97. The van der Waals surface area contributed by atoms with Crippen molar-refractivity contribution < 1.29 is 9.47 Å². The largest absolute Gasteiger partial charge is 0.493 e. The lowest BCUT2D eigenvalue weighted by Gasteiger charge is -2.10. The van der Waals surface area contributed by atoms with Crippen molar-refractivity contribution in [1.29, 1.82) is 0 Å². The van der Waals surface area contributed by atoms with Crippen LogP contribution >= 0.6 is 0 Å². The monoisotopic (exact) mass is 275 g/mol. The van der Waals surface area contributed by atoms with Crippen molar-refractivity contribution in [2.24, 2.45) is 0 Å². The van der Waals surface area contributed by atoms with Gasteiger partial charge in [-0.05, 0) is 30.7 Å². The molecule has 2 rings (SSSR count). The number of aryl methyl sites for hydroxylation is 1. The van der Waals surface area contributed by atoms with E-state index in [9.17, 15) is 0 Å². The fraction of sp³-hybridized carbons (Fsp3) is 0.400. The average Bonchev–Trinajstić information content (AvgIpc) is 3.00. The van der Waals surface area contributed by atoms with Gasteiger partial charge in [0, 0.05) is 25.4 Å². The highest BCUT2D eigenvalue weighted by Crippen LogP contribution is 2.27. The first-order valence-corrected chi connectivity index (χ1v) is 6.73. The first-order valence-electron chi connectivity index (χ1n) is 6.73. The maximum absolute atomic E-state index is 5.29. The molecule has 0 atom stereocenters. The highest BCUT2D eigenvalue weighted by atomic mass is 16.5. The highest BCUT2D eigenvalue weighted by molar-refractivity contribution is 5.42. The van der Waals surface area contributed by atoms with Gasteiger partial charge in [0.2, 0.25) is 0 Å². The molecule has 0 saturated carbocycles. The van der Waals surface area contributed by atoms with Gasteiger partial charge in [0.25, 0.3) is 0 Å². The van der Waals surface area contributed by atoms with Gasteiger partial charge in [-0.2, -0.15) is 0 Å². The molecule has 2 aromatic rings. The maximum Gasteiger partial charge on any atom is 0.161 e. The van der Waals surface area contributed by atoms with Crippen LogP contribution in [0.3, 0.4) is 0 Å². The molecule has 1 aromatic heterocycles. The Balaban J connectivity index is 1.73. The minimum Gasteiger partial charge on any atom is -0.493 e. The van der Waals surface area contributed by atoms with Gasteiger partial charge < -0.3 is 19.8 Å². The number of ether oxygens (including phenoxy) is 2. The first kappa shape index (κ1) is 14.4. The van der Waals surface area contributed by atoms with Gasteiger partial charge in [0.05, 0.1) is 14.2 Å². The number of benzene rings is 1. The van der Waals surface area contributed by atoms with E-state index in [-0.39, 0.29) is 0 Å². The lowest BCUT2D eigenvalue weighted by atomic mass is 10.2. The van der Waals surface area contributed by atoms with E-state index in [4.69, 9.17) is 9.47 Å². The number of nitrogens with zero attached hydrogens (tertiary/aromatic N) is 1. The lowest BCUT2D eigenvalue weighted by Crippen LogP contribution is -2.15. The Morgan fingerprint density at radius 1 is 1.20 bits per heavy atom. The van der Waals surface area contributed by atoms with Gasteiger partial charge in [0.15, 0.2) is 11.5 Å². The molecule has 1 aromatic carbocycles. The van der Waals surface area contributed by atoms with E-state index in [1.165, 1.54) is 5.56 Å². The molecule has 0 radical (unpaired) electrons. The van der Waals surface area contributed by atoms with Gasteiger partial charge in [-0.1, -0.05) is 6.07 Å². The van der Waals surface area contributed by atoms with E-state index in [2.05, 4.69) is 15.3 Å². The molecule has 5 heteroatoms. The minimum absolute atomic E-state index is 0.758. The molecule has 1 heterocycles. The van der Waals surface area contributed by atoms with Crippen LogP contribution in [0.15, 0.2) is 30.6 Å². The van der Waals surface area contributed by atoms with Crippen LogP contribution in [0.4, 0.5) is 0 Å². The lowest BCUT2D eigenvalue weighted by molar-refractivity contribution is 0.354. The van der Waals surface area contributed by atoms with Crippen molar-refractivity contribution in [1.82, 2.24) is 15.3 Å². The summed E-state index contributed by atoms with van der Waals surface area (Å²) in [5.41, 5.74) is 1.18. The van der Waals surface area contributed by atoms with Crippen LogP contribution in [0.2, 0.25) is 0 Å². The molecule has 0 amide bonds. The van der Waals surface area contributed by atoms with E-state index in [0.717, 1.165) is 43.3 Å². The summed E-state index contributed by atoms with van der Waals surface area (Å²) in [4.78, 5) is 7.30. The van der Waals surface area contributed by atoms with Crippen molar-refractivity contribution in [3.05, 3.63) is 42.0 Å². The summed E-state index contributed by atoms with van der Waals surface area (Å²) in [5, 5.41) is 3.41. The van der Waals surface area contributed by atoms with Gasteiger partial charge in [-0.25, -0.2) is 4.98 Å². The Morgan fingerprint density at radius 3 is 2.75 bits per heavy atom. The molecule has 0 spiro atoms. The smallest absolute Gasteiger partial charge is 0.161 e. The molecule has 2 N–H and O–H groups in total. The third-order valence-electron chi connectivity index (χ3n) is 3.10. The zero-order valence-corrected chi connectivity index (χ0v) is 12.0. The summed E-state index contributed by atoms with van der Waals surface area (Å²) in [6.45, 7) is 1.77. The molecule has 0 bridgehead atoms. The van der Waals surface area contributed by atoms with E-state index in [1.54, 1.807) is 20.4 Å². The first-order chi connectivity index (χ1) is 9.83. The van der Waals surface area contributed by atoms with Crippen LogP contribution in [0.1, 0.15) is 17.8 Å². The van der Waals surface area contributed by atoms with Crippen molar-refractivity contribution in [2.45, 2.75) is 19.4 Å². The number of H-pyrrole nitrogens is 1. The summed E-state index contributed by atoms with van der Waals surface area (Å²) >= 11 is 0. The van der Waals surface area contributed by atoms with Crippen LogP contribution in [0.5, 0.6) is 11.5 Å². The number of aromatic nitrogens is 2. The molecular formula is C15H21N3O2. The number of methoxy groups -OCH3 is 2. The zero-order chi connectivity index (χ0) is 14.2. The third-order valence-corrected chi connectivity index (χ3v) is 3.10. The third kappa shape index (κ3) is 3.99. The molecule has 108 valence electrons. The van der Waals surface area contributed by atoms with Gasteiger partial charge in [-0.15, -0.1) is 0 Å². The Hall–Kier alpha value is -2.01. The van der Waals surface area contributed by atoms with Crippen molar-refractivity contribution >= 4 is 0 Å². The summed E-state index contributed by atoms with van der Waals surface area (Å²) < 4.78 is 10.5. The molecule has 0 aliphatic carbocycles. The number of aromatic amines is 1.